The molecular weight excluding hydrogens is 384 g/mol. The zero-order chi connectivity index (χ0) is 19.3. The fourth-order valence-corrected chi connectivity index (χ4v) is 4.20. The van der Waals surface area contributed by atoms with Gasteiger partial charge in [-0.05, 0) is 48.1 Å². The van der Waals surface area contributed by atoms with Crippen LogP contribution in [0.25, 0.3) is 11.6 Å². The molecular formula is C24H29ClN2O2. The number of carbonyl (C=O) groups excluding carboxylic acids is 1. The van der Waals surface area contributed by atoms with Crippen LogP contribution in [0.4, 0.5) is 4.79 Å². The predicted octanol–water partition coefficient (Wildman–Crippen LogP) is 5.09. The summed E-state index contributed by atoms with van der Waals surface area (Å²) < 4.78 is 5.56. The number of amides is 1. The molecule has 1 saturated heterocycles. The van der Waals surface area contributed by atoms with Crippen molar-refractivity contribution in [2.75, 3.05) is 26.2 Å². The first-order chi connectivity index (χ1) is 13.7. The Morgan fingerprint density at radius 3 is 2.45 bits per heavy atom. The van der Waals surface area contributed by atoms with E-state index in [0.717, 1.165) is 38.0 Å². The summed E-state index contributed by atoms with van der Waals surface area (Å²) in [4.78, 5) is 17.0. The highest BCUT2D eigenvalue weighted by atomic mass is 35.5. The van der Waals surface area contributed by atoms with Crippen LogP contribution in [0, 0.1) is 0 Å². The number of halogens is 1. The number of hydrogen-bond donors (Lipinski definition) is 0. The number of likely N-dealkylation sites (tertiary alicyclic amines) is 1. The van der Waals surface area contributed by atoms with Crippen LogP contribution in [-0.2, 0) is 11.3 Å². The van der Waals surface area contributed by atoms with Crippen molar-refractivity contribution in [3.8, 4) is 0 Å². The van der Waals surface area contributed by atoms with Gasteiger partial charge in [-0.3, -0.25) is 4.90 Å². The summed E-state index contributed by atoms with van der Waals surface area (Å²) in [6.07, 6.45) is 4.10. The summed E-state index contributed by atoms with van der Waals surface area (Å²) in [5.41, 5.74) is 5.20. The van der Waals surface area contributed by atoms with Crippen molar-refractivity contribution in [2.24, 2.45) is 0 Å². The first-order valence-electron chi connectivity index (χ1n) is 10.2. The van der Waals surface area contributed by atoms with Crippen LogP contribution in [-0.4, -0.2) is 48.1 Å². The van der Waals surface area contributed by atoms with E-state index < -0.39 is 0 Å². The van der Waals surface area contributed by atoms with Crippen molar-refractivity contribution >= 4 is 30.1 Å². The smallest absolute Gasteiger partial charge is 0.410 e. The maximum Gasteiger partial charge on any atom is 0.410 e. The zero-order valence-corrected chi connectivity index (χ0v) is 17.7. The second kappa shape index (κ2) is 9.95. The standard InChI is InChI=1S/C24H28N2O2.ClH/c1-2-26(24(27)28-18-19-8-4-3-5-9-19)22-12-14-25(15-13-22)17-21-16-20-10-6-7-11-23(20)21;/h3-11,16,22H,2,12-15,17-18H2,1H3;1H. The molecule has 1 fully saturated rings. The lowest BCUT2D eigenvalue weighted by molar-refractivity contribution is 0.0650. The summed E-state index contributed by atoms with van der Waals surface area (Å²) in [5, 5.41) is 0. The second-order valence-electron chi connectivity index (χ2n) is 7.59. The molecule has 2 aromatic carbocycles. The van der Waals surface area contributed by atoms with Gasteiger partial charge in [-0.25, -0.2) is 4.79 Å². The quantitative estimate of drug-likeness (QED) is 0.662. The average Bonchev–Trinajstić information content (AvgIpc) is 2.73. The van der Waals surface area contributed by atoms with Crippen molar-refractivity contribution in [1.82, 2.24) is 9.80 Å². The van der Waals surface area contributed by atoms with Crippen LogP contribution < -0.4 is 0 Å². The normalized spacial score (nSPS) is 16.1. The first-order valence-corrected chi connectivity index (χ1v) is 10.2. The van der Waals surface area contributed by atoms with Gasteiger partial charge < -0.3 is 9.64 Å². The van der Waals surface area contributed by atoms with Crippen molar-refractivity contribution in [1.29, 1.82) is 0 Å². The van der Waals surface area contributed by atoms with Crippen LogP contribution >= 0.6 is 12.4 Å². The van der Waals surface area contributed by atoms with Crippen LogP contribution in [0.15, 0.2) is 54.6 Å². The zero-order valence-electron chi connectivity index (χ0n) is 16.9. The molecule has 1 heterocycles. The summed E-state index contributed by atoms with van der Waals surface area (Å²) in [5.74, 6) is 0. The minimum atomic E-state index is -0.194. The predicted molar refractivity (Wildman–Crippen MR) is 120 cm³/mol. The highest BCUT2D eigenvalue weighted by Gasteiger charge is 2.29. The summed E-state index contributed by atoms with van der Waals surface area (Å²) in [6.45, 7) is 6.11. The molecule has 0 aromatic heterocycles. The average molecular weight is 413 g/mol. The molecule has 0 N–H and O–H groups in total. The lowest BCUT2D eigenvalue weighted by atomic mass is 9.88. The first kappa shape index (κ1) is 21.4. The Morgan fingerprint density at radius 2 is 1.76 bits per heavy atom. The van der Waals surface area contributed by atoms with Crippen molar-refractivity contribution in [3.63, 3.8) is 0 Å². The molecule has 4 rings (SSSR count). The van der Waals surface area contributed by atoms with Gasteiger partial charge in [-0.15, -0.1) is 12.4 Å². The van der Waals surface area contributed by atoms with Gasteiger partial charge in [0.15, 0.2) is 0 Å². The number of benzene rings is 2. The fraction of sp³-hybridized carbons (Fsp3) is 0.375. The molecule has 2 aromatic rings. The lowest BCUT2D eigenvalue weighted by Crippen LogP contribution is -2.47. The van der Waals surface area contributed by atoms with Crippen LogP contribution in [0.1, 0.15) is 36.5 Å². The van der Waals surface area contributed by atoms with Gasteiger partial charge >= 0.3 is 6.09 Å². The molecule has 29 heavy (non-hydrogen) atoms. The van der Waals surface area contributed by atoms with Crippen LogP contribution in [0.5, 0.6) is 0 Å². The fourth-order valence-electron chi connectivity index (χ4n) is 4.20. The number of carbonyl (C=O) groups is 1. The minimum Gasteiger partial charge on any atom is -0.445 e. The van der Waals surface area contributed by atoms with E-state index in [1.807, 2.05) is 42.2 Å². The topological polar surface area (TPSA) is 32.8 Å². The Kier molecular flexibility index (Phi) is 7.34. The molecule has 2 aliphatic rings. The van der Waals surface area contributed by atoms with E-state index in [1.54, 1.807) is 0 Å². The van der Waals surface area contributed by atoms with Crippen LogP contribution in [0.3, 0.4) is 0 Å². The number of nitrogens with zero attached hydrogens (tertiary/aromatic N) is 2. The highest BCUT2D eigenvalue weighted by Crippen LogP contribution is 2.33. The van der Waals surface area contributed by atoms with E-state index in [1.165, 1.54) is 16.7 Å². The Morgan fingerprint density at radius 1 is 1.07 bits per heavy atom. The number of piperidine rings is 1. The van der Waals surface area contributed by atoms with Gasteiger partial charge in [0, 0.05) is 32.2 Å². The number of fused-ring (bicyclic) bond motifs is 1. The van der Waals surface area contributed by atoms with Crippen molar-refractivity contribution in [3.05, 3.63) is 71.3 Å². The molecule has 0 unspecified atom stereocenters. The van der Waals surface area contributed by atoms with Crippen molar-refractivity contribution < 1.29 is 9.53 Å². The number of ether oxygens (including phenoxy) is 1. The molecule has 5 heteroatoms. The largest absolute Gasteiger partial charge is 0.445 e. The monoisotopic (exact) mass is 412 g/mol. The summed E-state index contributed by atoms with van der Waals surface area (Å²) in [6, 6.07) is 18.7. The van der Waals surface area contributed by atoms with Gasteiger partial charge in [0.2, 0.25) is 0 Å². The van der Waals surface area contributed by atoms with Gasteiger partial charge in [0.05, 0.1) is 0 Å². The third-order valence-electron chi connectivity index (χ3n) is 5.81. The van der Waals surface area contributed by atoms with E-state index in [-0.39, 0.29) is 24.5 Å². The van der Waals surface area contributed by atoms with Gasteiger partial charge in [0.1, 0.15) is 6.61 Å². The van der Waals surface area contributed by atoms with E-state index in [0.29, 0.717) is 13.2 Å². The molecule has 0 atom stereocenters. The molecule has 0 bridgehead atoms. The molecule has 1 amide bonds. The second-order valence-corrected chi connectivity index (χ2v) is 7.59. The number of rotatable bonds is 6. The van der Waals surface area contributed by atoms with E-state index in [9.17, 15) is 4.79 Å². The van der Waals surface area contributed by atoms with Gasteiger partial charge in [0.25, 0.3) is 0 Å². The van der Waals surface area contributed by atoms with Crippen molar-refractivity contribution in [2.45, 2.75) is 32.4 Å². The summed E-state index contributed by atoms with van der Waals surface area (Å²) in [7, 11) is 0. The Hall–Kier alpha value is -2.30. The number of hydrogen-bond acceptors (Lipinski definition) is 3. The molecule has 1 aliphatic heterocycles. The molecule has 4 nitrogen and oxygen atoms in total. The third kappa shape index (κ3) is 5.01. The SMILES string of the molecule is CCN(C(=O)OCc1ccccc1)C1CCN(CC2=Cc3ccccc32)CC1.Cl. The minimum absolute atomic E-state index is 0. The Balaban J connectivity index is 0.00000240. The van der Waals surface area contributed by atoms with E-state index in [4.69, 9.17) is 4.74 Å². The maximum atomic E-state index is 12.6. The molecule has 154 valence electrons. The van der Waals surface area contributed by atoms with E-state index >= 15 is 0 Å². The highest BCUT2D eigenvalue weighted by molar-refractivity contribution is 5.96. The molecule has 0 radical (unpaired) electrons. The Bertz CT molecular complexity index is 845. The molecule has 0 spiro atoms. The third-order valence-corrected chi connectivity index (χ3v) is 5.81. The van der Waals surface area contributed by atoms with Gasteiger partial charge in [-0.2, -0.15) is 0 Å². The van der Waals surface area contributed by atoms with Crippen LogP contribution in [0.2, 0.25) is 0 Å². The Labute approximate surface area is 179 Å². The molecule has 0 saturated carbocycles. The van der Waals surface area contributed by atoms with E-state index in [2.05, 4.69) is 35.2 Å². The summed E-state index contributed by atoms with van der Waals surface area (Å²) >= 11 is 0. The molecule has 1 aliphatic carbocycles. The lowest BCUT2D eigenvalue weighted by Gasteiger charge is -2.38. The van der Waals surface area contributed by atoms with Gasteiger partial charge in [-0.1, -0.05) is 54.6 Å². The maximum absolute atomic E-state index is 12.6.